The van der Waals surface area contributed by atoms with E-state index in [9.17, 15) is 19.5 Å². The van der Waals surface area contributed by atoms with Gasteiger partial charge < -0.3 is 34.7 Å². The molecule has 5 unspecified atom stereocenters. The number of benzene rings is 3. The first-order chi connectivity index (χ1) is 24.0. The van der Waals surface area contributed by atoms with Crippen LogP contribution < -0.4 is 10.6 Å². The van der Waals surface area contributed by atoms with E-state index >= 15 is 0 Å². The Morgan fingerprint density at radius 2 is 1.60 bits per heavy atom. The third kappa shape index (κ3) is 10.4. The summed E-state index contributed by atoms with van der Waals surface area (Å²) in [5, 5.41) is 15.1. The normalized spacial score (nSPS) is 21.6. The van der Waals surface area contributed by atoms with E-state index in [0.717, 1.165) is 47.2 Å². The van der Waals surface area contributed by atoms with Gasteiger partial charge in [0.1, 0.15) is 17.7 Å². The molecule has 0 saturated carbocycles. The highest BCUT2D eigenvalue weighted by atomic mass is 16.7. The van der Waals surface area contributed by atoms with Gasteiger partial charge in [-0.15, -0.1) is 0 Å². The van der Waals surface area contributed by atoms with Crippen molar-refractivity contribution in [3.05, 3.63) is 107 Å². The van der Waals surface area contributed by atoms with Gasteiger partial charge in [-0.1, -0.05) is 78.9 Å². The highest BCUT2D eigenvalue weighted by Gasteiger charge is 2.39. The molecule has 2 amide bonds. The largest absolute Gasteiger partial charge is 0.467 e. The highest BCUT2D eigenvalue weighted by molar-refractivity contribution is 5.83. The molecule has 3 aromatic rings. The summed E-state index contributed by atoms with van der Waals surface area (Å²) >= 11 is 0. The summed E-state index contributed by atoms with van der Waals surface area (Å²) in [5.41, 5.74) is 3.81. The number of methoxy groups -OCH3 is 1. The SMILES string of the molecule is COC(=O)C(Cc1ccccc1)NC(=O)NCc1ccc(C2OC(CN3CCCC3C(=O)OC(C)(C)C)CC(c3ccc(CO)cc3)O2)cc1. The average Bonchev–Trinajstić information content (AvgIpc) is 3.58. The van der Waals surface area contributed by atoms with Gasteiger partial charge in [0.25, 0.3) is 0 Å². The van der Waals surface area contributed by atoms with E-state index in [2.05, 4.69) is 15.5 Å². The van der Waals surface area contributed by atoms with Gasteiger partial charge in [0, 0.05) is 31.5 Å². The number of esters is 2. The second-order valence-electron chi connectivity index (χ2n) is 13.9. The van der Waals surface area contributed by atoms with Crippen LogP contribution >= 0.6 is 0 Å². The summed E-state index contributed by atoms with van der Waals surface area (Å²) in [6.45, 7) is 7.19. The van der Waals surface area contributed by atoms with Crippen molar-refractivity contribution in [2.45, 2.75) is 95.8 Å². The van der Waals surface area contributed by atoms with E-state index < -0.39 is 29.9 Å². The van der Waals surface area contributed by atoms with Crippen molar-refractivity contribution in [1.29, 1.82) is 0 Å². The minimum absolute atomic E-state index is 0.0381. The molecule has 2 heterocycles. The second kappa shape index (κ2) is 17.1. The summed E-state index contributed by atoms with van der Waals surface area (Å²) < 4.78 is 23.7. The summed E-state index contributed by atoms with van der Waals surface area (Å²) in [6, 6.07) is 23.2. The number of nitrogens with one attached hydrogen (secondary N) is 2. The van der Waals surface area contributed by atoms with Crippen LogP contribution in [0, 0.1) is 0 Å². The molecule has 2 saturated heterocycles. The monoisotopic (exact) mass is 687 g/mol. The van der Waals surface area contributed by atoms with Gasteiger partial charge in [-0.3, -0.25) is 9.69 Å². The molecule has 50 heavy (non-hydrogen) atoms. The number of rotatable bonds is 12. The van der Waals surface area contributed by atoms with Crippen LogP contribution in [0.2, 0.25) is 0 Å². The van der Waals surface area contributed by atoms with E-state index in [1.54, 1.807) is 0 Å². The van der Waals surface area contributed by atoms with E-state index in [-0.39, 0.29) is 37.4 Å². The van der Waals surface area contributed by atoms with Crippen molar-refractivity contribution in [1.82, 2.24) is 15.5 Å². The van der Waals surface area contributed by atoms with Crippen molar-refractivity contribution in [2.75, 3.05) is 20.2 Å². The first kappa shape index (κ1) is 37.0. The van der Waals surface area contributed by atoms with Gasteiger partial charge in [0.2, 0.25) is 0 Å². The average molecular weight is 688 g/mol. The molecule has 2 aliphatic rings. The molecule has 0 aliphatic carbocycles. The fourth-order valence-electron chi connectivity index (χ4n) is 6.35. The van der Waals surface area contributed by atoms with Crippen molar-refractivity contribution >= 4 is 18.0 Å². The molecule has 3 aromatic carbocycles. The molecule has 0 radical (unpaired) electrons. The molecule has 268 valence electrons. The minimum Gasteiger partial charge on any atom is -0.467 e. The standard InChI is InChI=1S/C39H49N3O8/c1-39(2,3)50-36(45)33-11-8-20-42(33)24-31-22-34(29-16-14-28(25-43)15-17-29)49-37(48-31)30-18-12-27(13-19-30)23-40-38(46)41-32(35(44)47-4)21-26-9-6-5-7-10-26/h5-7,9-10,12-19,31-34,37,43H,8,11,20-25H2,1-4H3,(H2,40,41,46). The molecule has 2 fully saturated rings. The lowest BCUT2D eigenvalue weighted by atomic mass is 9.99. The first-order valence-corrected chi connectivity index (χ1v) is 17.2. The fourth-order valence-corrected chi connectivity index (χ4v) is 6.35. The lowest BCUT2D eigenvalue weighted by Crippen LogP contribution is -2.47. The predicted octanol–water partition coefficient (Wildman–Crippen LogP) is 5.11. The predicted molar refractivity (Wildman–Crippen MR) is 187 cm³/mol. The van der Waals surface area contributed by atoms with Crippen LogP contribution in [0.3, 0.4) is 0 Å². The molecule has 5 rings (SSSR count). The second-order valence-corrected chi connectivity index (χ2v) is 13.9. The number of carbonyl (C=O) groups is 3. The number of ether oxygens (including phenoxy) is 4. The Morgan fingerprint density at radius 3 is 2.26 bits per heavy atom. The molecule has 11 nitrogen and oxygen atoms in total. The third-order valence-corrected chi connectivity index (χ3v) is 8.87. The summed E-state index contributed by atoms with van der Waals surface area (Å²) in [5.74, 6) is -0.725. The van der Waals surface area contributed by atoms with Crippen LogP contribution in [0.4, 0.5) is 4.79 Å². The molecule has 2 aliphatic heterocycles. The van der Waals surface area contributed by atoms with Gasteiger partial charge in [0.05, 0.1) is 25.9 Å². The van der Waals surface area contributed by atoms with E-state index in [1.165, 1.54) is 7.11 Å². The van der Waals surface area contributed by atoms with Crippen LogP contribution in [0.15, 0.2) is 78.9 Å². The van der Waals surface area contributed by atoms with Gasteiger partial charge in [0.15, 0.2) is 6.29 Å². The number of amides is 2. The lowest BCUT2D eigenvalue weighted by molar-refractivity contribution is -0.253. The zero-order valence-electron chi connectivity index (χ0n) is 29.3. The van der Waals surface area contributed by atoms with Crippen LogP contribution in [0.5, 0.6) is 0 Å². The van der Waals surface area contributed by atoms with Crippen molar-refractivity contribution in [3.63, 3.8) is 0 Å². The number of carbonyl (C=O) groups excluding carboxylic acids is 3. The van der Waals surface area contributed by atoms with Crippen molar-refractivity contribution < 1.29 is 38.4 Å². The quantitative estimate of drug-likeness (QED) is 0.222. The number of aliphatic hydroxyl groups excluding tert-OH is 1. The van der Waals surface area contributed by atoms with Gasteiger partial charge in [-0.25, -0.2) is 9.59 Å². The maximum absolute atomic E-state index is 13.0. The third-order valence-electron chi connectivity index (χ3n) is 8.87. The Balaban J connectivity index is 1.24. The molecule has 5 atom stereocenters. The molecule has 0 aromatic heterocycles. The number of aliphatic hydroxyl groups is 1. The summed E-state index contributed by atoms with van der Waals surface area (Å²) in [4.78, 5) is 40.3. The minimum atomic E-state index is -0.828. The lowest BCUT2D eigenvalue weighted by Gasteiger charge is -2.38. The Hall–Kier alpha value is -4.29. The van der Waals surface area contributed by atoms with E-state index in [4.69, 9.17) is 18.9 Å². The van der Waals surface area contributed by atoms with Gasteiger partial charge in [-0.2, -0.15) is 0 Å². The van der Waals surface area contributed by atoms with Crippen LogP contribution in [0.1, 0.15) is 80.2 Å². The smallest absolute Gasteiger partial charge is 0.328 e. The molecule has 11 heteroatoms. The summed E-state index contributed by atoms with van der Waals surface area (Å²) in [7, 11) is 1.30. The Labute approximate surface area is 294 Å². The molecule has 3 N–H and O–H groups in total. The maximum atomic E-state index is 13.0. The Morgan fingerprint density at radius 1 is 0.920 bits per heavy atom. The van der Waals surface area contributed by atoms with Gasteiger partial charge >= 0.3 is 18.0 Å². The number of hydrogen-bond donors (Lipinski definition) is 3. The molecule has 0 spiro atoms. The topological polar surface area (TPSA) is 136 Å². The zero-order chi connectivity index (χ0) is 35.7. The van der Waals surface area contributed by atoms with Gasteiger partial charge in [-0.05, 0) is 62.4 Å². The molecular weight excluding hydrogens is 638 g/mol. The maximum Gasteiger partial charge on any atom is 0.328 e. The molecule has 0 bridgehead atoms. The number of urea groups is 1. The van der Waals surface area contributed by atoms with E-state index in [1.807, 2.05) is 99.6 Å². The Bertz CT molecular complexity index is 1560. The Kier molecular flexibility index (Phi) is 12.6. The van der Waals surface area contributed by atoms with Crippen LogP contribution in [0.25, 0.3) is 0 Å². The highest BCUT2D eigenvalue weighted by Crippen LogP contribution is 2.39. The van der Waals surface area contributed by atoms with Crippen molar-refractivity contribution in [2.24, 2.45) is 0 Å². The van der Waals surface area contributed by atoms with Crippen molar-refractivity contribution in [3.8, 4) is 0 Å². The number of hydrogen-bond acceptors (Lipinski definition) is 9. The number of nitrogens with zero attached hydrogens (tertiary/aromatic N) is 1. The number of likely N-dealkylation sites (tertiary alicyclic amines) is 1. The first-order valence-electron chi connectivity index (χ1n) is 17.2. The van der Waals surface area contributed by atoms with E-state index in [0.29, 0.717) is 19.4 Å². The molecular formula is C39H49N3O8. The van der Waals surface area contributed by atoms with Crippen LogP contribution in [-0.4, -0.2) is 72.0 Å². The summed E-state index contributed by atoms with van der Waals surface area (Å²) in [6.07, 6.45) is 1.41. The van der Waals surface area contributed by atoms with Crippen LogP contribution in [-0.2, 0) is 48.1 Å². The zero-order valence-corrected chi connectivity index (χ0v) is 29.3. The fraction of sp³-hybridized carbons (Fsp3) is 0.462.